The molecule has 0 aliphatic rings. The van der Waals surface area contributed by atoms with E-state index in [9.17, 15) is 0 Å². The van der Waals surface area contributed by atoms with Gasteiger partial charge in [-0.3, -0.25) is 0 Å². The van der Waals surface area contributed by atoms with Gasteiger partial charge in [-0.15, -0.1) is 0 Å². The van der Waals surface area contributed by atoms with Crippen molar-refractivity contribution in [3.63, 3.8) is 0 Å². The molecule has 0 N–H and O–H groups in total. The van der Waals surface area contributed by atoms with Crippen molar-refractivity contribution in [2.24, 2.45) is 0 Å². The van der Waals surface area contributed by atoms with Gasteiger partial charge in [0.25, 0.3) is 0 Å². The lowest BCUT2D eigenvalue weighted by molar-refractivity contribution is 0.122. The summed E-state index contributed by atoms with van der Waals surface area (Å²) >= 11 is 0. The molecule has 10 nitrogen and oxygen atoms in total. The average Bonchev–Trinajstić information content (AvgIpc) is 3.22. The smallest absolute Gasteiger partial charge is 0.396 e. The van der Waals surface area contributed by atoms with E-state index in [2.05, 4.69) is 74.5 Å². The number of hydrogen-bond acceptors (Lipinski definition) is 14. The highest BCUT2D eigenvalue weighted by Crippen LogP contribution is 2.49. The largest absolute Gasteiger partial charge is 0.500 e. The van der Waals surface area contributed by atoms with E-state index in [0.717, 1.165) is 25.7 Å². The molecule has 0 heterocycles. The van der Waals surface area contributed by atoms with Gasteiger partial charge >= 0.3 is 36.2 Å². The first-order valence-electron chi connectivity index (χ1n) is 18.7. The summed E-state index contributed by atoms with van der Waals surface area (Å²) in [5, 5.41) is 0. The van der Waals surface area contributed by atoms with Gasteiger partial charge < -0.3 is 44.3 Å². The third-order valence-corrected chi connectivity index (χ3v) is 29.3. The maximum atomic E-state index is 6.65. The molecule has 0 aliphatic carbocycles. The van der Waals surface area contributed by atoms with Crippen molar-refractivity contribution in [1.29, 1.82) is 0 Å². The summed E-state index contributed by atoms with van der Waals surface area (Å²) in [4.78, 5) is 0.263. The molecule has 0 saturated heterocycles. The quantitative estimate of drug-likeness (QED) is 0.0388. The Balaban J connectivity index is 2.18. The fourth-order valence-corrected chi connectivity index (χ4v) is 25.7. The molecule has 310 valence electrons. The Bertz CT molecular complexity index is 1090. The van der Waals surface area contributed by atoms with Gasteiger partial charge in [0, 0.05) is 81.2 Å². The van der Waals surface area contributed by atoms with Gasteiger partial charge in [0.15, 0.2) is 0 Å². The van der Waals surface area contributed by atoms with Crippen LogP contribution in [0.2, 0.25) is 12.1 Å². The van der Waals surface area contributed by atoms with Crippen LogP contribution in [-0.2, 0) is 44.3 Å². The fourth-order valence-electron chi connectivity index (χ4n) is 5.82. The molecule has 0 bridgehead atoms. The number of rotatable bonds is 33. The van der Waals surface area contributed by atoms with Crippen LogP contribution in [0.4, 0.5) is 0 Å². The maximum absolute atomic E-state index is 6.65. The fraction of sp³-hybridized carbons (Fsp3) is 0.667. The molecule has 0 saturated carbocycles. The molecule has 18 heteroatoms. The van der Waals surface area contributed by atoms with E-state index in [0.29, 0.717) is 50.4 Å². The van der Waals surface area contributed by atoms with Crippen molar-refractivity contribution in [3.05, 3.63) is 71.8 Å². The van der Waals surface area contributed by atoms with Crippen molar-refractivity contribution in [2.45, 2.75) is 87.0 Å². The van der Waals surface area contributed by atoms with E-state index in [1.165, 1.54) is 11.1 Å². The molecule has 54 heavy (non-hydrogen) atoms. The summed E-state index contributed by atoms with van der Waals surface area (Å²) in [5.74, 6) is 0.787. The van der Waals surface area contributed by atoms with Gasteiger partial charge in [0.05, 0.1) is 9.75 Å². The zero-order valence-corrected chi connectivity index (χ0v) is 41.6. The van der Waals surface area contributed by atoms with E-state index in [1.54, 1.807) is 62.3 Å². The van der Waals surface area contributed by atoms with Gasteiger partial charge in [-0.1, -0.05) is 96.1 Å². The molecule has 0 spiro atoms. The molecule has 0 fully saturated rings. The van der Waals surface area contributed by atoms with Crippen LogP contribution >= 0.6 is 41.2 Å². The average molecular weight is 900 g/mol. The monoisotopic (exact) mass is 898 g/mol. The van der Waals surface area contributed by atoms with Crippen LogP contribution in [0, 0.1) is 0 Å². The molecule has 0 aliphatic heterocycles. The maximum Gasteiger partial charge on any atom is 0.500 e. The van der Waals surface area contributed by atoms with Crippen LogP contribution in [0.25, 0.3) is 0 Å². The Labute approximate surface area is 347 Å². The van der Waals surface area contributed by atoms with E-state index in [1.807, 2.05) is 35.4 Å². The Hall–Kier alpha value is 0.308. The van der Waals surface area contributed by atoms with Crippen LogP contribution in [0.3, 0.4) is 0 Å². The number of benzene rings is 2. The van der Waals surface area contributed by atoms with Crippen LogP contribution < -0.4 is 0 Å². The lowest BCUT2D eigenvalue weighted by Crippen LogP contribution is -2.45. The third-order valence-electron chi connectivity index (χ3n) is 9.36. The molecule has 2 rings (SSSR count). The molecule has 0 aromatic heterocycles. The van der Waals surface area contributed by atoms with Crippen molar-refractivity contribution in [2.75, 3.05) is 69.1 Å². The normalized spacial score (nSPS) is 15.8. The first-order chi connectivity index (χ1) is 26.2. The third kappa shape index (κ3) is 18.1. The molecule has 0 amide bonds. The minimum absolute atomic E-state index is 0.132. The predicted molar refractivity (Wildman–Crippen MR) is 239 cm³/mol. The first-order valence-corrected chi connectivity index (χ1v) is 30.7. The Kier molecular flexibility index (Phi) is 27.6. The highest BCUT2D eigenvalue weighted by atomic mass is 33.7. The van der Waals surface area contributed by atoms with Gasteiger partial charge in [0.2, 0.25) is 0 Å². The van der Waals surface area contributed by atoms with Crippen molar-refractivity contribution in [1.82, 2.24) is 0 Å². The van der Waals surface area contributed by atoms with Gasteiger partial charge in [-0.2, -0.15) is 0 Å². The highest BCUT2D eigenvalue weighted by Gasteiger charge is 2.42. The minimum Gasteiger partial charge on any atom is -0.396 e. The Morgan fingerprint density at radius 3 is 1.13 bits per heavy atom. The zero-order chi connectivity index (χ0) is 39.7. The van der Waals surface area contributed by atoms with Crippen molar-refractivity contribution < 1.29 is 44.3 Å². The van der Waals surface area contributed by atoms with Gasteiger partial charge in [0.1, 0.15) is 0 Å². The first kappa shape index (κ1) is 50.5. The standard InChI is InChI=1S/C36H66O10S4Si4/c1-11-43-51(45-27-23-31(3)33-19-15-13-16-20-33)35(25-29-53(37-5,38-6)39-7)47-49-50-48-36(26-30-54(40-8,41-9)42-10)52(44-12-2)46-28-24-32(4)34-21-17-14-18-22-34/h13-22,31-32,35-36,51-52H,11-12,23-30H2,1-10H3. The predicted octanol–water partition coefficient (Wildman–Crippen LogP) is 8.95. The SMILES string of the molecule is CCO[SiH](OCCC(C)c1ccccc1)C(CC[Si](OC)(OC)OC)SSSSC(CC[Si](OC)(OC)OC)[SiH](OCC)OCCC(C)c1ccccc1. The summed E-state index contributed by atoms with van der Waals surface area (Å²) in [6, 6.07) is 22.5. The zero-order valence-electron chi connectivity index (χ0n) is 34.0. The molecular weight excluding hydrogens is 833 g/mol. The Morgan fingerprint density at radius 1 is 0.500 bits per heavy atom. The molecule has 0 radical (unpaired) electrons. The second kappa shape index (κ2) is 29.5. The summed E-state index contributed by atoms with van der Waals surface area (Å²) in [6.07, 6.45) is 3.43. The summed E-state index contributed by atoms with van der Waals surface area (Å²) in [5.41, 5.74) is 2.64. The van der Waals surface area contributed by atoms with E-state index in [4.69, 9.17) is 44.3 Å². The van der Waals surface area contributed by atoms with Crippen LogP contribution in [0.15, 0.2) is 60.7 Å². The second-order valence-corrected chi connectivity index (χ2v) is 30.5. The van der Waals surface area contributed by atoms with E-state index >= 15 is 0 Å². The van der Waals surface area contributed by atoms with Crippen molar-refractivity contribution in [3.8, 4) is 0 Å². The van der Waals surface area contributed by atoms with E-state index < -0.39 is 36.2 Å². The minimum atomic E-state index is -2.80. The molecule has 2 aromatic rings. The molecule has 6 atom stereocenters. The Morgan fingerprint density at radius 2 is 0.833 bits per heavy atom. The van der Waals surface area contributed by atoms with Gasteiger partial charge in [-0.25, -0.2) is 0 Å². The van der Waals surface area contributed by atoms with Crippen LogP contribution in [0.5, 0.6) is 0 Å². The number of hydrogen-bond donors (Lipinski definition) is 0. The summed E-state index contributed by atoms with van der Waals surface area (Å²) < 4.78 is 60.9. The van der Waals surface area contributed by atoms with E-state index in [-0.39, 0.29) is 9.75 Å². The highest BCUT2D eigenvalue weighted by molar-refractivity contribution is 9.26. The molecule has 2 aromatic carbocycles. The lowest BCUT2D eigenvalue weighted by Gasteiger charge is -2.30. The molecule has 6 unspecified atom stereocenters. The summed E-state index contributed by atoms with van der Waals surface area (Å²) in [7, 11) is 7.28. The van der Waals surface area contributed by atoms with Crippen LogP contribution in [0.1, 0.15) is 76.3 Å². The lowest BCUT2D eigenvalue weighted by atomic mass is 9.99. The second-order valence-electron chi connectivity index (χ2n) is 12.7. The summed E-state index contributed by atoms with van der Waals surface area (Å²) in [6.45, 7) is 11.1. The van der Waals surface area contributed by atoms with Crippen molar-refractivity contribution >= 4 is 77.4 Å². The molecular formula is C36H66O10S4Si4. The van der Waals surface area contributed by atoms with Gasteiger partial charge in [-0.05, 0) is 82.1 Å². The topological polar surface area (TPSA) is 92.3 Å². The van der Waals surface area contributed by atoms with Crippen LogP contribution in [-0.4, -0.2) is 115 Å².